The number of rotatable bonds is 4. The van der Waals surface area contributed by atoms with Gasteiger partial charge in [0, 0.05) is 0 Å². The van der Waals surface area contributed by atoms with Crippen LogP contribution in [0.3, 0.4) is 0 Å². The molecule has 2 rings (SSSR count). The third-order valence-corrected chi connectivity index (χ3v) is 3.85. The minimum Gasteiger partial charge on any atom is -0.481 e. The third kappa shape index (κ3) is 3.19. The first-order valence-electron chi connectivity index (χ1n) is 6.68. The van der Waals surface area contributed by atoms with Gasteiger partial charge in [-0.05, 0) is 45.3 Å². The van der Waals surface area contributed by atoms with Gasteiger partial charge in [0.2, 0.25) is 0 Å². The van der Waals surface area contributed by atoms with Crippen molar-refractivity contribution >= 4 is 18.5 Å². The highest BCUT2D eigenvalue weighted by Crippen LogP contribution is 2.36. The van der Waals surface area contributed by atoms with E-state index in [9.17, 15) is 9.18 Å². The molecule has 1 fully saturated rings. The lowest BCUT2D eigenvalue weighted by Gasteiger charge is -2.32. The quantitative estimate of drug-likeness (QED) is 0.841. The van der Waals surface area contributed by atoms with Gasteiger partial charge in [-0.15, -0.1) is 0 Å². The van der Waals surface area contributed by atoms with Crippen LogP contribution >= 0.6 is 0 Å². The van der Waals surface area contributed by atoms with E-state index in [0.717, 1.165) is 0 Å². The van der Waals surface area contributed by atoms with Crippen molar-refractivity contribution in [2.24, 2.45) is 5.73 Å². The molecule has 5 nitrogen and oxygen atoms in total. The Morgan fingerprint density at radius 3 is 2.33 bits per heavy atom. The number of amides is 1. The maximum atomic E-state index is 14.0. The number of hydrogen-bond acceptors (Lipinski definition) is 4. The number of primary amides is 1. The van der Waals surface area contributed by atoms with Gasteiger partial charge in [-0.2, -0.15) is 0 Å². The van der Waals surface area contributed by atoms with Crippen molar-refractivity contribution in [1.82, 2.24) is 0 Å². The molecule has 2 N–H and O–H groups in total. The second-order valence-corrected chi connectivity index (χ2v) is 6.03. The second-order valence-electron chi connectivity index (χ2n) is 6.03. The molecular weight excluding hydrogens is 276 g/mol. The zero-order chi connectivity index (χ0) is 15.8. The van der Waals surface area contributed by atoms with Gasteiger partial charge in [-0.25, -0.2) is 4.39 Å². The molecule has 1 aromatic rings. The molecule has 114 valence electrons. The fourth-order valence-corrected chi connectivity index (χ4v) is 1.91. The van der Waals surface area contributed by atoms with Gasteiger partial charge >= 0.3 is 7.12 Å². The molecule has 1 aromatic carbocycles. The van der Waals surface area contributed by atoms with Crippen LogP contribution in [-0.4, -0.2) is 30.8 Å². The predicted molar refractivity (Wildman–Crippen MR) is 76.8 cm³/mol. The molecule has 1 heterocycles. The Kier molecular flexibility index (Phi) is 3.99. The first kappa shape index (κ1) is 15.8. The summed E-state index contributed by atoms with van der Waals surface area (Å²) in [5, 5.41) is 0. The Hall–Kier alpha value is -1.60. The van der Waals surface area contributed by atoms with Gasteiger partial charge in [-0.3, -0.25) is 4.79 Å². The number of benzene rings is 1. The van der Waals surface area contributed by atoms with Gasteiger partial charge in [0.15, 0.2) is 18.2 Å². The Bertz CT molecular complexity index is 546. The Morgan fingerprint density at radius 2 is 1.86 bits per heavy atom. The zero-order valence-corrected chi connectivity index (χ0v) is 12.6. The first-order chi connectivity index (χ1) is 9.62. The number of carbonyl (C=O) groups excluding carboxylic acids is 1. The highest BCUT2D eigenvalue weighted by molar-refractivity contribution is 6.62. The molecule has 1 aliphatic heterocycles. The van der Waals surface area contributed by atoms with Crippen LogP contribution in [0.5, 0.6) is 5.75 Å². The van der Waals surface area contributed by atoms with E-state index >= 15 is 0 Å². The summed E-state index contributed by atoms with van der Waals surface area (Å²) in [7, 11) is -0.644. The topological polar surface area (TPSA) is 70.8 Å². The first-order valence-corrected chi connectivity index (χ1v) is 6.68. The molecule has 0 saturated carbocycles. The summed E-state index contributed by atoms with van der Waals surface area (Å²) < 4.78 is 30.6. The molecule has 0 atom stereocenters. The molecule has 1 aliphatic rings. The van der Waals surface area contributed by atoms with Gasteiger partial charge in [0.05, 0.1) is 11.2 Å². The molecule has 7 heteroatoms. The molecule has 0 bridgehead atoms. The summed E-state index contributed by atoms with van der Waals surface area (Å²) in [5.41, 5.74) is 4.52. The Morgan fingerprint density at radius 1 is 1.29 bits per heavy atom. The van der Waals surface area contributed by atoms with Gasteiger partial charge in [-0.1, -0.05) is 6.07 Å². The van der Waals surface area contributed by atoms with E-state index in [4.69, 9.17) is 19.8 Å². The maximum Gasteiger partial charge on any atom is 0.494 e. The van der Waals surface area contributed by atoms with Crippen molar-refractivity contribution in [3.05, 3.63) is 24.0 Å². The Balaban J connectivity index is 2.16. The highest BCUT2D eigenvalue weighted by Gasteiger charge is 2.51. The second kappa shape index (κ2) is 5.31. The van der Waals surface area contributed by atoms with Crippen molar-refractivity contribution in [1.29, 1.82) is 0 Å². The predicted octanol–water partition coefficient (Wildman–Crippen LogP) is 0.989. The number of carbonyl (C=O) groups is 1. The molecule has 1 saturated heterocycles. The molecule has 0 aromatic heterocycles. The maximum absolute atomic E-state index is 14.0. The van der Waals surface area contributed by atoms with Crippen molar-refractivity contribution in [3.63, 3.8) is 0 Å². The van der Waals surface area contributed by atoms with E-state index in [1.807, 2.05) is 27.7 Å². The summed E-state index contributed by atoms with van der Waals surface area (Å²) in [5.74, 6) is -1.29. The van der Waals surface area contributed by atoms with Gasteiger partial charge in [0.25, 0.3) is 5.91 Å². The van der Waals surface area contributed by atoms with Crippen LogP contribution in [0.2, 0.25) is 0 Å². The van der Waals surface area contributed by atoms with Crippen molar-refractivity contribution in [2.45, 2.75) is 38.9 Å². The molecular formula is C14H19BFNO4. The monoisotopic (exact) mass is 295 g/mol. The van der Waals surface area contributed by atoms with Gasteiger partial charge < -0.3 is 19.8 Å². The minimum absolute atomic E-state index is 0.0333. The summed E-state index contributed by atoms with van der Waals surface area (Å²) in [6, 6.07) is 4.35. The highest BCUT2D eigenvalue weighted by atomic mass is 19.1. The summed E-state index contributed by atoms with van der Waals surface area (Å²) in [6.07, 6.45) is 0. The fraction of sp³-hybridized carbons (Fsp3) is 0.500. The lowest BCUT2D eigenvalue weighted by Crippen LogP contribution is -2.41. The fourth-order valence-electron chi connectivity index (χ4n) is 1.91. The SMILES string of the molecule is CC1(C)OB(c2ccc(OCC(N)=O)c(F)c2)OC1(C)C. The molecule has 0 unspecified atom stereocenters. The van der Waals surface area contributed by atoms with E-state index in [2.05, 4.69) is 0 Å². The van der Waals surface area contributed by atoms with E-state index in [1.165, 1.54) is 12.1 Å². The van der Waals surface area contributed by atoms with E-state index in [-0.39, 0.29) is 12.4 Å². The Labute approximate surface area is 123 Å². The largest absolute Gasteiger partial charge is 0.494 e. The molecule has 0 radical (unpaired) electrons. The number of nitrogens with two attached hydrogens (primary N) is 1. The van der Waals surface area contributed by atoms with Crippen LogP contribution in [0.4, 0.5) is 4.39 Å². The summed E-state index contributed by atoms with van der Waals surface area (Å²) >= 11 is 0. The normalized spacial score (nSPS) is 19.6. The lowest BCUT2D eigenvalue weighted by molar-refractivity contribution is -0.120. The molecule has 21 heavy (non-hydrogen) atoms. The van der Waals surface area contributed by atoms with E-state index in [0.29, 0.717) is 5.46 Å². The zero-order valence-electron chi connectivity index (χ0n) is 12.6. The van der Waals surface area contributed by atoms with Crippen LogP contribution in [0.25, 0.3) is 0 Å². The average molecular weight is 295 g/mol. The van der Waals surface area contributed by atoms with Crippen LogP contribution in [0, 0.1) is 5.82 Å². The van der Waals surface area contributed by atoms with Gasteiger partial charge in [0.1, 0.15) is 0 Å². The van der Waals surface area contributed by atoms with Crippen LogP contribution in [0.15, 0.2) is 18.2 Å². The van der Waals surface area contributed by atoms with E-state index < -0.39 is 30.0 Å². The smallest absolute Gasteiger partial charge is 0.481 e. The van der Waals surface area contributed by atoms with E-state index in [1.54, 1.807) is 6.07 Å². The van der Waals surface area contributed by atoms with Crippen LogP contribution < -0.4 is 15.9 Å². The number of halogens is 1. The number of ether oxygens (including phenoxy) is 1. The molecule has 1 amide bonds. The number of hydrogen-bond donors (Lipinski definition) is 1. The third-order valence-electron chi connectivity index (χ3n) is 3.85. The summed E-state index contributed by atoms with van der Waals surface area (Å²) in [6.45, 7) is 7.33. The van der Waals surface area contributed by atoms with Crippen molar-refractivity contribution in [2.75, 3.05) is 6.61 Å². The molecule has 0 aliphatic carbocycles. The average Bonchev–Trinajstić information content (AvgIpc) is 2.56. The van der Waals surface area contributed by atoms with Crippen molar-refractivity contribution < 1.29 is 23.2 Å². The standard InChI is InChI=1S/C14H19BFNO4/c1-13(2)14(3,4)21-15(20-13)9-5-6-11(10(16)7-9)19-8-12(17)18/h5-7H,8H2,1-4H3,(H2,17,18). The molecule has 0 spiro atoms. The van der Waals surface area contributed by atoms with Crippen LogP contribution in [-0.2, 0) is 14.1 Å². The summed E-state index contributed by atoms with van der Waals surface area (Å²) in [4.78, 5) is 10.6. The van der Waals surface area contributed by atoms with Crippen molar-refractivity contribution in [3.8, 4) is 5.75 Å². The van der Waals surface area contributed by atoms with Crippen LogP contribution in [0.1, 0.15) is 27.7 Å². The lowest BCUT2D eigenvalue weighted by atomic mass is 9.79. The minimum atomic E-state index is -0.663.